The molecule has 10 nitrogen and oxygen atoms in total. The molecular formula is C27H31N3O7. The number of hydrogen-bond acceptors (Lipinski definition) is 8. The van der Waals surface area contributed by atoms with Crippen LogP contribution >= 0.6 is 0 Å². The number of aliphatic hydroxyl groups excluding tert-OH is 1. The van der Waals surface area contributed by atoms with E-state index in [0.717, 1.165) is 13.1 Å². The zero-order chi connectivity index (χ0) is 26.5. The highest BCUT2D eigenvalue weighted by Crippen LogP contribution is 2.40. The van der Waals surface area contributed by atoms with Gasteiger partial charge in [0.15, 0.2) is 0 Å². The first-order chi connectivity index (χ1) is 17.8. The van der Waals surface area contributed by atoms with Crippen LogP contribution in [-0.4, -0.2) is 77.0 Å². The number of nitrogens with zero attached hydrogens (tertiary/aromatic N) is 3. The first kappa shape index (κ1) is 26.3. The summed E-state index contributed by atoms with van der Waals surface area (Å²) in [5, 5.41) is 22.7. The van der Waals surface area contributed by atoms with E-state index in [1.807, 2.05) is 13.8 Å². The Morgan fingerprint density at radius 1 is 1.14 bits per heavy atom. The maximum atomic E-state index is 13.2. The summed E-state index contributed by atoms with van der Waals surface area (Å²) in [6.45, 7) is 7.66. The van der Waals surface area contributed by atoms with E-state index in [1.54, 1.807) is 30.3 Å². The Morgan fingerprint density at radius 3 is 2.49 bits per heavy atom. The summed E-state index contributed by atoms with van der Waals surface area (Å²) in [6, 6.07) is 11.5. The molecule has 2 aromatic carbocycles. The maximum absolute atomic E-state index is 13.2. The standard InChI is InChI=1S/C27H31N3O7/c1-18(2)37-22-9-7-19(8-10-22)25(31)23-24(20-5-3-6-21(17-20)30(34)35)29(27(33)26(23)32)12-4-11-28-13-15-36-16-14-28/h3,5-10,17-18,24,31H,4,11-16H2,1-2H3/b25-23+/t24-/m1/s1. The molecule has 0 aliphatic carbocycles. The molecule has 0 bridgehead atoms. The number of amides is 1. The van der Waals surface area contributed by atoms with Gasteiger partial charge in [-0.1, -0.05) is 12.1 Å². The minimum Gasteiger partial charge on any atom is -0.507 e. The van der Waals surface area contributed by atoms with Gasteiger partial charge in [-0.3, -0.25) is 24.6 Å². The number of non-ortho nitro benzene ring substituents is 1. The molecule has 1 N–H and O–H groups in total. The van der Waals surface area contributed by atoms with Gasteiger partial charge >= 0.3 is 0 Å². The molecule has 0 spiro atoms. The molecule has 0 aromatic heterocycles. The van der Waals surface area contributed by atoms with E-state index in [0.29, 0.717) is 43.1 Å². The highest BCUT2D eigenvalue weighted by Gasteiger charge is 2.46. The number of ether oxygens (including phenoxy) is 2. The van der Waals surface area contributed by atoms with Crippen LogP contribution in [0.5, 0.6) is 5.75 Å². The lowest BCUT2D eigenvalue weighted by Gasteiger charge is -2.29. The van der Waals surface area contributed by atoms with Gasteiger partial charge in [-0.15, -0.1) is 0 Å². The molecule has 2 fully saturated rings. The van der Waals surface area contributed by atoms with Crippen molar-refractivity contribution in [3.8, 4) is 5.75 Å². The summed E-state index contributed by atoms with van der Waals surface area (Å²) >= 11 is 0. The number of hydrogen-bond donors (Lipinski definition) is 1. The Balaban J connectivity index is 1.69. The Labute approximate surface area is 215 Å². The maximum Gasteiger partial charge on any atom is 0.295 e. The van der Waals surface area contributed by atoms with Crippen molar-refractivity contribution in [1.82, 2.24) is 9.80 Å². The molecule has 2 aliphatic heterocycles. The van der Waals surface area contributed by atoms with Gasteiger partial charge in [0.05, 0.1) is 35.9 Å². The number of ketones is 1. The van der Waals surface area contributed by atoms with E-state index in [1.165, 1.54) is 23.1 Å². The van der Waals surface area contributed by atoms with Crippen molar-refractivity contribution in [3.05, 3.63) is 75.3 Å². The van der Waals surface area contributed by atoms with Crippen LogP contribution in [-0.2, 0) is 14.3 Å². The number of benzene rings is 2. The Hall–Kier alpha value is -3.76. The molecule has 1 atom stereocenters. The van der Waals surface area contributed by atoms with Gasteiger partial charge < -0.3 is 19.5 Å². The van der Waals surface area contributed by atoms with Crippen molar-refractivity contribution in [2.75, 3.05) is 39.4 Å². The third-order valence-electron chi connectivity index (χ3n) is 6.41. The fourth-order valence-electron chi connectivity index (χ4n) is 4.67. The largest absolute Gasteiger partial charge is 0.507 e. The number of rotatable bonds is 9. The van der Waals surface area contributed by atoms with E-state index < -0.39 is 22.7 Å². The van der Waals surface area contributed by atoms with E-state index in [2.05, 4.69) is 4.90 Å². The third kappa shape index (κ3) is 5.98. The van der Waals surface area contributed by atoms with Gasteiger partial charge in [0, 0.05) is 43.9 Å². The fourth-order valence-corrected chi connectivity index (χ4v) is 4.67. The average molecular weight is 510 g/mol. The van der Waals surface area contributed by atoms with Crippen LogP contribution in [0.25, 0.3) is 5.76 Å². The van der Waals surface area contributed by atoms with Crippen LogP contribution in [0, 0.1) is 10.1 Å². The second-order valence-corrected chi connectivity index (χ2v) is 9.34. The number of Topliss-reactive ketones (excluding diaryl/α,β-unsaturated/α-hetero) is 1. The van der Waals surface area contributed by atoms with Crippen molar-refractivity contribution >= 4 is 23.1 Å². The van der Waals surface area contributed by atoms with Crippen LogP contribution in [0.15, 0.2) is 54.1 Å². The molecule has 196 valence electrons. The first-order valence-electron chi connectivity index (χ1n) is 12.4. The number of nitro benzene ring substituents is 1. The molecule has 0 saturated carbocycles. The van der Waals surface area contributed by atoms with Gasteiger partial charge in [0.25, 0.3) is 17.4 Å². The second-order valence-electron chi connectivity index (χ2n) is 9.34. The summed E-state index contributed by atoms with van der Waals surface area (Å²) in [5.41, 5.74) is 0.486. The van der Waals surface area contributed by atoms with E-state index in [-0.39, 0.29) is 29.7 Å². The van der Waals surface area contributed by atoms with Crippen molar-refractivity contribution < 1.29 is 29.1 Å². The molecular weight excluding hydrogens is 478 g/mol. The number of morpholine rings is 1. The van der Waals surface area contributed by atoms with Crippen molar-refractivity contribution in [2.45, 2.75) is 32.4 Å². The highest BCUT2D eigenvalue weighted by atomic mass is 16.6. The monoisotopic (exact) mass is 509 g/mol. The lowest BCUT2D eigenvalue weighted by atomic mass is 9.95. The minimum absolute atomic E-state index is 0.0314. The summed E-state index contributed by atoms with van der Waals surface area (Å²) in [6.07, 6.45) is 0.566. The van der Waals surface area contributed by atoms with Gasteiger partial charge in [0.2, 0.25) is 0 Å². The lowest BCUT2D eigenvalue weighted by molar-refractivity contribution is -0.384. The highest BCUT2D eigenvalue weighted by molar-refractivity contribution is 6.46. The second kappa shape index (κ2) is 11.5. The molecule has 4 rings (SSSR count). The van der Waals surface area contributed by atoms with Crippen LogP contribution < -0.4 is 4.74 Å². The normalized spacial score (nSPS) is 20.0. The first-order valence-corrected chi connectivity index (χ1v) is 12.4. The van der Waals surface area contributed by atoms with Gasteiger partial charge in [-0.05, 0) is 50.1 Å². The molecule has 0 unspecified atom stereocenters. The molecule has 2 saturated heterocycles. The van der Waals surface area contributed by atoms with E-state index >= 15 is 0 Å². The Morgan fingerprint density at radius 2 is 1.84 bits per heavy atom. The quantitative estimate of drug-likeness (QED) is 0.179. The van der Waals surface area contributed by atoms with Crippen LogP contribution in [0.1, 0.15) is 37.4 Å². The zero-order valence-corrected chi connectivity index (χ0v) is 21.0. The molecule has 2 heterocycles. The fraction of sp³-hybridized carbons (Fsp3) is 0.407. The average Bonchev–Trinajstić information content (AvgIpc) is 3.14. The Kier molecular flexibility index (Phi) is 8.20. The van der Waals surface area contributed by atoms with Crippen molar-refractivity contribution in [1.29, 1.82) is 0 Å². The number of nitro groups is 1. The minimum atomic E-state index is -0.948. The summed E-state index contributed by atoms with van der Waals surface area (Å²) in [7, 11) is 0. The third-order valence-corrected chi connectivity index (χ3v) is 6.41. The van der Waals surface area contributed by atoms with Crippen LogP contribution in [0.4, 0.5) is 5.69 Å². The zero-order valence-electron chi connectivity index (χ0n) is 21.0. The molecule has 1 amide bonds. The van der Waals surface area contributed by atoms with Crippen LogP contribution in [0.2, 0.25) is 0 Å². The Bertz CT molecular complexity index is 1190. The summed E-state index contributed by atoms with van der Waals surface area (Å²) < 4.78 is 11.0. The van der Waals surface area contributed by atoms with Gasteiger partial charge in [0.1, 0.15) is 11.5 Å². The SMILES string of the molecule is CC(C)Oc1ccc(/C(O)=C2\C(=O)C(=O)N(CCCN3CCOCC3)[C@@H]2c2cccc([N+](=O)[O-])c2)cc1. The molecule has 10 heteroatoms. The smallest absolute Gasteiger partial charge is 0.295 e. The van der Waals surface area contributed by atoms with Crippen molar-refractivity contribution in [2.24, 2.45) is 0 Å². The van der Waals surface area contributed by atoms with E-state index in [9.17, 15) is 24.8 Å². The van der Waals surface area contributed by atoms with Crippen LogP contribution in [0.3, 0.4) is 0 Å². The molecule has 0 radical (unpaired) electrons. The predicted molar refractivity (Wildman–Crippen MR) is 136 cm³/mol. The number of likely N-dealkylation sites (tertiary alicyclic amines) is 1. The predicted octanol–water partition coefficient (Wildman–Crippen LogP) is 3.53. The van der Waals surface area contributed by atoms with Gasteiger partial charge in [-0.2, -0.15) is 0 Å². The van der Waals surface area contributed by atoms with E-state index in [4.69, 9.17) is 9.47 Å². The number of aliphatic hydroxyl groups is 1. The summed E-state index contributed by atoms with van der Waals surface area (Å²) in [5.74, 6) is -1.28. The molecule has 37 heavy (non-hydrogen) atoms. The van der Waals surface area contributed by atoms with Gasteiger partial charge in [-0.25, -0.2) is 0 Å². The molecule has 2 aliphatic rings. The number of carbonyl (C=O) groups excluding carboxylic acids is 2. The topological polar surface area (TPSA) is 122 Å². The lowest BCUT2D eigenvalue weighted by Crippen LogP contribution is -2.39. The summed E-state index contributed by atoms with van der Waals surface area (Å²) in [4.78, 5) is 40.9. The number of carbonyl (C=O) groups is 2. The van der Waals surface area contributed by atoms with Crippen molar-refractivity contribution in [3.63, 3.8) is 0 Å². The molecule has 2 aromatic rings.